The zero-order valence-electron chi connectivity index (χ0n) is 10.2. The van der Waals surface area contributed by atoms with Gasteiger partial charge in [-0.2, -0.15) is 0 Å². The molecule has 0 aromatic heterocycles. The number of nitrogens with one attached hydrogen (secondary N) is 1. The van der Waals surface area contributed by atoms with Gasteiger partial charge in [-0.15, -0.1) is 0 Å². The van der Waals surface area contributed by atoms with Crippen molar-refractivity contribution in [3.05, 3.63) is 65.5 Å². The molecule has 0 aliphatic carbocycles. The summed E-state index contributed by atoms with van der Waals surface area (Å²) in [4.78, 5) is 0. The zero-order chi connectivity index (χ0) is 13.0. The van der Waals surface area contributed by atoms with E-state index in [1.807, 2.05) is 19.1 Å². The van der Waals surface area contributed by atoms with Crippen molar-refractivity contribution in [3.8, 4) is 5.75 Å². The first kappa shape index (κ1) is 12.6. The van der Waals surface area contributed by atoms with Gasteiger partial charge in [0, 0.05) is 12.6 Å². The van der Waals surface area contributed by atoms with Gasteiger partial charge in [0.2, 0.25) is 0 Å². The summed E-state index contributed by atoms with van der Waals surface area (Å²) >= 11 is 0. The molecule has 0 spiro atoms. The molecule has 0 saturated heterocycles. The summed E-state index contributed by atoms with van der Waals surface area (Å²) < 4.78 is 12.7. The molecule has 0 radical (unpaired) electrons. The molecule has 0 aliphatic heterocycles. The van der Waals surface area contributed by atoms with E-state index in [-0.39, 0.29) is 17.6 Å². The maximum absolute atomic E-state index is 12.7. The molecule has 2 aromatic carbocycles. The minimum atomic E-state index is -0.222. The van der Waals surface area contributed by atoms with Crippen molar-refractivity contribution >= 4 is 0 Å². The number of aromatic hydroxyl groups is 1. The maximum Gasteiger partial charge on any atom is 0.123 e. The number of halogens is 1. The Kier molecular flexibility index (Phi) is 3.95. The standard InChI is InChI=1S/C15H16FNO/c1-11(13-3-2-4-15(18)9-13)17-10-12-5-7-14(16)8-6-12/h2-9,11,17-18H,10H2,1H3. The Morgan fingerprint density at radius 2 is 1.89 bits per heavy atom. The number of hydrogen-bond donors (Lipinski definition) is 2. The molecule has 0 aliphatic rings. The van der Waals surface area contributed by atoms with Crippen LogP contribution in [-0.4, -0.2) is 5.11 Å². The van der Waals surface area contributed by atoms with Crippen LogP contribution in [0.3, 0.4) is 0 Å². The molecule has 0 heterocycles. The third-order valence-corrected chi connectivity index (χ3v) is 2.90. The van der Waals surface area contributed by atoms with E-state index in [0.717, 1.165) is 11.1 Å². The van der Waals surface area contributed by atoms with Crippen molar-refractivity contribution in [2.45, 2.75) is 19.5 Å². The fourth-order valence-electron chi connectivity index (χ4n) is 1.79. The fourth-order valence-corrected chi connectivity index (χ4v) is 1.79. The molecule has 1 unspecified atom stereocenters. The first-order chi connectivity index (χ1) is 8.65. The van der Waals surface area contributed by atoms with Crippen LogP contribution in [0.15, 0.2) is 48.5 Å². The molecule has 2 N–H and O–H groups in total. The number of phenolic OH excluding ortho intramolecular Hbond substituents is 1. The fraction of sp³-hybridized carbons (Fsp3) is 0.200. The highest BCUT2D eigenvalue weighted by atomic mass is 19.1. The van der Waals surface area contributed by atoms with Gasteiger partial charge in [0.15, 0.2) is 0 Å². The van der Waals surface area contributed by atoms with Crippen LogP contribution in [-0.2, 0) is 6.54 Å². The average molecular weight is 245 g/mol. The molecular formula is C15H16FNO. The predicted molar refractivity (Wildman–Crippen MR) is 69.8 cm³/mol. The van der Waals surface area contributed by atoms with E-state index < -0.39 is 0 Å². The van der Waals surface area contributed by atoms with Gasteiger partial charge in [-0.05, 0) is 42.3 Å². The second-order valence-corrected chi connectivity index (χ2v) is 4.32. The molecule has 2 aromatic rings. The van der Waals surface area contributed by atoms with Crippen molar-refractivity contribution in [2.24, 2.45) is 0 Å². The first-order valence-electron chi connectivity index (χ1n) is 5.92. The highest BCUT2D eigenvalue weighted by Gasteiger charge is 2.05. The van der Waals surface area contributed by atoms with Crippen LogP contribution in [0.2, 0.25) is 0 Å². The lowest BCUT2D eigenvalue weighted by atomic mass is 10.1. The Labute approximate surface area is 106 Å². The number of phenols is 1. The second kappa shape index (κ2) is 5.65. The third kappa shape index (κ3) is 3.31. The topological polar surface area (TPSA) is 32.3 Å². The highest BCUT2D eigenvalue weighted by Crippen LogP contribution is 2.18. The van der Waals surface area contributed by atoms with E-state index >= 15 is 0 Å². The monoisotopic (exact) mass is 245 g/mol. The van der Waals surface area contributed by atoms with Gasteiger partial charge in [0.05, 0.1) is 0 Å². The van der Waals surface area contributed by atoms with E-state index in [1.165, 1.54) is 12.1 Å². The SMILES string of the molecule is CC(NCc1ccc(F)cc1)c1cccc(O)c1. The number of hydrogen-bond acceptors (Lipinski definition) is 2. The zero-order valence-corrected chi connectivity index (χ0v) is 10.2. The van der Waals surface area contributed by atoms with Crippen molar-refractivity contribution < 1.29 is 9.50 Å². The second-order valence-electron chi connectivity index (χ2n) is 4.32. The van der Waals surface area contributed by atoms with Gasteiger partial charge < -0.3 is 10.4 Å². The molecule has 3 heteroatoms. The molecule has 2 nitrogen and oxygen atoms in total. The summed E-state index contributed by atoms with van der Waals surface area (Å²) in [5.41, 5.74) is 2.06. The van der Waals surface area contributed by atoms with E-state index in [4.69, 9.17) is 0 Å². The summed E-state index contributed by atoms with van der Waals surface area (Å²) in [5, 5.41) is 12.7. The van der Waals surface area contributed by atoms with Crippen molar-refractivity contribution in [3.63, 3.8) is 0 Å². The summed E-state index contributed by atoms with van der Waals surface area (Å²) in [7, 11) is 0. The van der Waals surface area contributed by atoms with Crippen LogP contribution in [0.4, 0.5) is 4.39 Å². The molecule has 18 heavy (non-hydrogen) atoms. The van der Waals surface area contributed by atoms with Gasteiger partial charge >= 0.3 is 0 Å². The van der Waals surface area contributed by atoms with Crippen LogP contribution in [0.25, 0.3) is 0 Å². The molecular weight excluding hydrogens is 229 g/mol. The first-order valence-corrected chi connectivity index (χ1v) is 5.92. The molecule has 0 bridgehead atoms. The minimum absolute atomic E-state index is 0.127. The lowest BCUT2D eigenvalue weighted by Crippen LogP contribution is -2.17. The molecule has 0 saturated carbocycles. The Balaban J connectivity index is 1.96. The van der Waals surface area contributed by atoms with E-state index in [1.54, 1.807) is 24.3 Å². The highest BCUT2D eigenvalue weighted by molar-refractivity contribution is 5.29. The van der Waals surface area contributed by atoms with E-state index in [2.05, 4.69) is 5.32 Å². The minimum Gasteiger partial charge on any atom is -0.508 e. The molecule has 1 atom stereocenters. The Morgan fingerprint density at radius 1 is 1.17 bits per heavy atom. The van der Waals surface area contributed by atoms with Crippen LogP contribution in [0.1, 0.15) is 24.1 Å². The maximum atomic E-state index is 12.7. The average Bonchev–Trinajstić information content (AvgIpc) is 2.38. The smallest absolute Gasteiger partial charge is 0.123 e. The molecule has 94 valence electrons. The van der Waals surface area contributed by atoms with Crippen LogP contribution < -0.4 is 5.32 Å². The van der Waals surface area contributed by atoms with Gasteiger partial charge in [-0.25, -0.2) is 4.39 Å². The lowest BCUT2D eigenvalue weighted by molar-refractivity contribution is 0.472. The largest absolute Gasteiger partial charge is 0.508 e. The van der Waals surface area contributed by atoms with E-state index in [0.29, 0.717) is 6.54 Å². The van der Waals surface area contributed by atoms with Gasteiger partial charge in [0.25, 0.3) is 0 Å². The van der Waals surface area contributed by atoms with E-state index in [9.17, 15) is 9.50 Å². The van der Waals surface area contributed by atoms with Crippen molar-refractivity contribution in [2.75, 3.05) is 0 Å². The molecule has 0 fully saturated rings. The molecule has 2 rings (SSSR count). The van der Waals surface area contributed by atoms with Crippen LogP contribution >= 0.6 is 0 Å². The molecule has 0 amide bonds. The third-order valence-electron chi connectivity index (χ3n) is 2.90. The number of benzene rings is 2. The Morgan fingerprint density at radius 3 is 2.56 bits per heavy atom. The van der Waals surface area contributed by atoms with Gasteiger partial charge in [-0.3, -0.25) is 0 Å². The lowest BCUT2D eigenvalue weighted by Gasteiger charge is -2.14. The summed E-state index contributed by atoms with van der Waals surface area (Å²) in [5.74, 6) is 0.0442. The summed E-state index contributed by atoms with van der Waals surface area (Å²) in [6.45, 7) is 2.69. The quantitative estimate of drug-likeness (QED) is 0.865. The van der Waals surface area contributed by atoms with Gasteiger partial charge in [0.1, 0.15) is 11.6 Å². The van der Waals surface area contributed by atoms with Crippen LogP contribution in [0, 0.1) is 5.82 Å². The van der Waals surface area contributed by atoms with Crippen LogP contribution in [0.5, 0.6) is 5.75 Å². The van der Waals surface area contributed by atoms with Crippen molar-refractivity contribution in [1.29, 1.82) is 0 Å². The normalized spacial score (nSPS) is 12.3. The summed E-state index contributed by atoms with van der Waals surface area (Å²) in [6, 6.07) is 13.7. The Hall–Kier alpha value is -1.87. The Bertz CT molecular complexity index is 510. The predicted octanol–water partition coefficient (Wildman–Crippen LogP) is 3.38. The van der Waals surface area contributed by atoms with Crippen molar-refractivity contribution in [1.82, 2.24) is 5.32 Å². The summed E-state index contributed by atoms with van der Waals surface area (Å²) in [6.07, 6.45) is 0. The number of rotatable bonds is 4. The van der Waals surface area contributed by atoms with Gasteiger partial charge in [-0.1, -0.05) is 24.3 Å².